The van der Waals surface area contributed by atoms with E-state index < -0.39 is 0 Å². The van der Waals surface area contributed by atoms with E-state index >= 15 is 0 Å². The number of carbonyl (C=O) groups excluding carboxylic acids is 2. The lowest BCUT2D eigenvalue weighted by atomic mass is 10.0. The maximum absolute atomic E-state index is 13.0. The lowest BCUT2D eigenvalue weighted by molar-refractivity contribution is 0.0728. The molecule has 2 heterocycles. The minimum Gasteiger partial charge on any atom is -0.496 e. The van der Waals surface area contributed by atoms with Crippen molar-refractivity contribution >= 4 is 11.8 Å². The fourth-order valence-electron chi connectivity index (χ4n) is 3.14. The summed E-state index contributed by atoms with van der Waals surface area (Å²) in [7, 11) is 1.55. The van der Waals surface area contributed by atoms with Crippen LogP contribution in [0.5, 0.6) is 5.75 Å². The maximum Gasteiger partial charge on any atom is 0.272 e. The second-order valence-corrected chi connectivity index (χ2v) is 6.93. The van der Waals surface area contributed by atoms with Crippen LogP contribution in [0.25, 0.3) is 0 Å². The molecule has 0 saturated heterocycles. The molecule has 2 aromatic rings. The molecule has 0 spiro atoms. The van der Waals surface area contributed by atoms with E-state index in [1.54, 1.807) is 24.1 Å². The first-order chi connectivity index (χ1) is 13.0. The van der Waals surface area contributed by atoms with Crippen LogP contribution in [-0.2, 0) is 13.0 Å². The Morgan fingerprint density at radius 2 is 2.15 bits per heavy atom. The van der Waals surface area contributed by atoms with Crippen LogP contribution in [0.2, 0.25) is 0 Å². The average molecular weight is 370 g/mol. The molecule has 3 rings (SSSR count). The molecule has 1 aliphatic rings. The molecule has 1 aromatic heterocycles. The number of methoxy groups -OCH3 is 1. The molecule has 2 amide bonds. The van der Waals surface area contributed by atoms with E-state index in [1.807, 2.05) is 12.1 Å². The zero-order valence-electron chi connectivity index (χ0n) is 16.0. The standard InChI is InChI=1S/C20H26N4O3/c1-4-13(2)11-21-19(25)18-15-12-24(10-9-16(15)22-23-18)20(26)14-7-5-6-8-17(14)27-3/h5-8,13H,4,9-12H2,1-3H3,(H,21,25)(H,22,23)/t13-/m0/s1. The van der Waals surface area contributed by atoms with E-state index in [-0.39, 0.29) is 11.8 Å². The van der Waals surface area contributed by atoms with Gasteiger partial charge in [-0.05, 0) is 18.1 Å². The predicted molar refractivity (Wildman–Crippen MR) is 102 cm³/mol. The van der Waals surface area contributed by atoms with Crippen molar-refractivity contribution in [2.75, 3.05) is 20.2 Å². The van der Waals surface area contributed by atoms with Gasteiger partial charge in [0.15, 0.2) is 5.69 Å². The molecule has 144 valence electrons. The highest BCUT2D eigenvalue weighted by Crippen LogP contribution is 2.25. The SMILES string of the molecule is CC[C@H](C)CNC(=O)c1n[nH]c2c1CN(C(=O)c1ccccc1OC)CC2. The molecule has 1 aliphatic heterocycles. The van der Waals surface area contributed by atoms with Gasteiger partial charge in [0.25, 0.3) is 11.8 Å². The van der Waals surface area contributed by atoms with Gasteiger partial charge in [0.1, 0.15) is 5.75 Å². The molecule has 0 aliphatic carbocycles. The van der Waals surface area contributed by atoms with Crippen molar-refractivity contribution in [3.63, 3.8) is 0 Å². The van der Waals surface area contributed by atoms with Crippen LogP contribution in [0, 0.1) is 5.92 Å². The minimum absolute atomic E-state index is 0.106. The monoisotopic (exact) mass is 370 g/mol. The van der Waals surface area contributed by atoms with E-state index in [1.165, 1.54) is 0 Å². The van der Waals surface area contributed by atoms with Gasteiger partial charge in [0, 0.05) is 30.8 Å². The Morgan fingerprint density at radius 1 is 1.37 bits per heavy atom. The van der Waals surface area contributed by atoms with Gasteiger partial charge in [-0.3, -0.25) is 14.7 Å². The average Bonchev–Trinajstić information content (AvgIpc) is 3.14. The zero-order chi connectivity index (χ0) is 19.4. The number of H-pyrrole nitrogens is 1. The lowest BCUT2D eigenvalue weighted by Gasteiger charge is -2.27. The number of nitrogens with zero attached hydrogens (tertiary/aromatic N) is 2. The van der Waals surface area contributed by atoms with Crippen LogP contribution in [0.3, 0.4) is 0 Å². The summed E-state index contributed by atoms with van der Waals surface area (Å²) >= 11 is 0. The Balaban J connectivity index is 1.77. The van der Waals surface area contributed by atoms with Crippen molar-refractivity contribution in [2.45, 2.75) is 33.2 Å². The molecule has 27 heavy (non-hydrogen) atoms. The molecule has 7 heteroatoms. The molecular weight excluding hydrogens is 344 g/mol. The molecule has 0 saturated carbocycles. The Labute approximate surface area is 159 Å². The highest BCUT2D eigenvalue weighted by molar-refractivity contribution is 5.98. The summed E-state index contributed by atoms with van der Waals surface area (Å²) in [6, 6.07) is 7.18. The molecule has 1 atom stereocenters. The van der Waals surface area contributed by atoms with Crippen molar-refractivity contribution in [1.29, 1.82) is 0 Å². The van der Waals surface area contributed by atoms with E-state index in [0.717, 1.165) is 17.7 Å². The minimum atomic E-state index is -0.195. The summed E-state index contributed by atoms with van der Waals surface area (Å²) in [6.45, 7) is 5.72. The predicted octanol–water partition coefficient (Wildman–Crippen LogP) is 2.39. The second kappa shape index (κ2) is 8.24. The zero-order valence-corrected chi connectivity index (χ0v) is 16.0. The highest BCUT2D eigenvalue weighted by Gasteiger charge is 2.29. The number of fused-ring (bicyclic) bond motifs is 1. The molecule has 0 radical (unpaired) electrons. The summed E-state index contributed by atoms with van der Waals surface area (Å²) in [5.41, 5.74) is 2.62. The first kappa shape index (κ1) is 18.9. The van der Waals surface area contributed by atoms with Gasteiger partial charge in [0.2, 0.25) is 0 Å². The number of aromatic nitrogens is 2. The number of hydrogen-bond donors (Lipinski definition) is 2. The summed E-state index contributed by atoms with van der Waals surface area (Å²) in [6.07, 6.45) is 1.64. The maximum atomic E-state index is 13.0. The molecule has 0 bridgehead atoms. The third-order valence-corrected chi connectivity index (χ3v) is 5.08. The van der Waals surface area contributed by atoms with Crippen LogP contribution in [0.4, 0.5) is 0 Å². The smallest absolute Gasteiger partial charge is 0.272 e. The number of hydrogen-bond acceptors (Lipinski definition) is 4. The van der Waals surface area contributed by atoms with Gasteiger partial charge in [0.05, 0.1) is 19.2 Å². The van der Waals surface area contributed by atoms with Crippen molar-refractivity contribution in [1.82, 2.24) is 20.4 Å². The number of para-hydroxylation sites is 1. The van der Waals surface area contributed by atoms with Crippen LogP contribution >= 0.6 is 0 Å². The third-order valence-electron chi connectivity index (χ3n) is 5.08. The molecule has 1 aromatic carbocycles. The first-order valence-corrected chi connectivity index (χ1v) is 9.31. The van der Waals surface area contributed by atoms with E-state index in [4.69, 9.17) is 4.74 Å². The van der Waals surface area contributed by atoms with E-state index in [9.17, 15) is 9.59 Å². The quantitative estimate of drug-likeness (QED) is 0.817. The molecule has 2 N–H and O–H groups in total. The lowest BCUT2D eigenvalue weighted by Crippen LogP contribution is -2.37. The summed E-state index contributed by atoms with van der Waals surface area (Å²) in [4.78, 5) is 27.2. The van der Waals surface area contributed by atoms with Crippen LogP contribution in [-0.4, -0.2) is 47.1 Å². The largest absolute Gasteiger partial charge is 0.496 e. The number of ether oxygens (including phenoxy) is 1. The fraction of sp³-hybridized carbons (Fsp3) is 0.450. The number of aromatic amines is 1. The van der Waals surface area contributed by atoms with Crippen molar-refractivity contribution in [3.8, 4) is 5.75 Å². The van der Waals surface area contributed by atoms with Crippen LogP contribution in [0.1, 0.15) is 52.4 Å². The summed E-state index contributed by atoms with van der Waals surface area (Å²) in [5.74, 6) is 0.656. The van der Waals surface area contributed by atoms with Gasteiger partial charge >= 0.3 is 0 Å². The number of carbonyl (C=O) groups is 2. The van der Waals surface area contributed by atoms with Crippen LogP contribution in [0.15, 0.2) is 24.3 Å². The number of amides is 2. The van der Waals surface area contributed by atoms with Gasteiger partial charge in [-0.2, -0.15) is 5.10 Å². The van der Waals surface area contributed by atoms with Crippen LogP contribution < -0.4 is 10.1 Å². The van der Waals surface area contributed by atoms with Gasteiger partial charge in [-0.25, -0.2) is 0 Å². The normalized spacial score (nSPS) is 14.4. The molecule has 7 nitrogen and oxygen atoms in total. The van der Waals surface area contributed by atoms with Gasteiger partial charge in [-0.1, -0.05) is 32.4 Å². The Hall–Kier alpha value is -2.83. The highest BCUT2D eigenvalue weighted by atomic mass is 16.5. The molecule has 0 unspecified atom stereocenters. The van der Waals surface area contributed by atoms with E-state index in [2.05, 4.69) is 29.4 Å². The van der Waals surface area contributed by atoms with Gasteiger partial charge in [-0.15, -0.1) is 0 Å². The second-order valence-electron chi connectivity index (χ2n) is 6.93. The Morgan fingerprint density at radius 3 is 2.89 bits per heavy atom. The van der Waals surface area contributed by atoms with E-state index in [0.29, 0.717) is 49.0 Å². The van der Waals surface area contributed by atoms with Crippen molar-refractivity contribution in [3.05, 3.63) is 46.8 Å². The topological polar surface area (TPSA) is 87.3 Å². The first-order valence-electron chi connectivity index (χ1n) is 9.31. The van der Waals surface area contributed by atoms with Gasteiger partial charge < -0.3 is 15.0 Å². The fourth-order valence-corrected chi connectivity index (χ4v) is 3.14. The molecule has 0 fully saturated rings. The number of rotatable bonds is 6. The summed E-state index contributed by atoms with van der Waals surface area (Å²) < 4.78 is 5.31. The van der Waals surface area contributed by atoms with Crippen molar-refractivity contribution < 1.29 is 14.3 Å². The Kier molecular flexibility index (Phi) is 5.78. The number of benzene rings is 1. The third kappa shape index (κ3) is 3.97. The summed E-state index contributed by atoms with van der Waals surface area (Å²) in [5, 5.41) is 10.1. The Bertz CT molecular complexity index is 830. The van der Waals surface area contributed by atoms with Crippen molar-refractivity contribution in [2.24, 2.45) is 5.92 Å². The molecular formula is C20H26N4O3. The number of nitrogens with one attached hydrogen (secondary N) is 2.